The Balaban J connectivity index is 1.59. The van der Waals surface area contributed by atoms with E-state index in [9.17, 15) is 4.79 Å². The van der Waals surface area contributed by atoms with Crippen molar-refractivity contribution in [2.75, 3.05) is 7.11 Å². The Bertz CT molecular complexity index is 879. The summed E-state index contributed by atoms with van der Waals surface area (Å²) in [5, 5.41) is 11.3. The van der Waals surface area contributed by atoms with Gasteiger partial charge >= 0.3 is 0 Å². The maximum absolute atomic E-state index is 12.0. The Morgan fingerprint density at radius 2 is 2.04 bits per heavy atom. The van der Waals surface area contributed by atoms with Gasteiger partial charge in [0.1, 0.15) is 5.75 Å². The van der Waals surface area contributed by atoms with Crippen molar-refractivity contribution in [2.45, 2.75) is 13.0 Å². The Kier molecular flexibility index (Phi) is 5.30. The smallest absolute Gasteiger partial charge is 0.247 e. The molecule has 0 aliphatic carbocycles. The van der Waals surface area contributed by atoms with Crippen LogP contribution in [0.15, 0.2) is 52.9 Å². The summed E-state index contributed by atoms with van der Waals surface area (Å²) in [4.78, 5) is 12.0. The summed E-state index contributed by atoms with van der Waals surface area (Å²) in [6.07, 6.45) is 0.234. The number of hydrogen-bond donors (Lipinski definition) is 1. The zero-order valence-electron chi connectivity index (χ0n) is 13.5. The van der Waals surface area contributed by atoms with Crippen molar-refractivity contribution in [3.8, 4) is 17.2 Å². The second-order valence-corrected chi connectivity index (χ2v) is 5.75. The lowest BCUT2D eigenvalue weighted by atomic mass is 10.1. The highest BCUT2D eigenvalue weighted by Crippen LogP contribution is 2.22. The first-order valence-corrected chi connectivity index (χ1v) is 8.00. The van der Waals surface area contributed by atoms with Crippen LogP contribution in [0.2, 0.25) is 5.02 Å². The van der Waals surface area contributed by atoms with Crippen LogP contribution in [0.1, 0.15) is 11.5 Å². The van der Waals surface area contributed by atoms with Gasteiger partial charge in [0.2, 0.25) is 17.7 Å². The van der Waals surface area contributed by atoms with Crippen molar-refractivity contribution >= 4 is 17.5 Å². The fourth-order valence-corrected chi connectivity index (χ4v) is 2.48. The number of amides is 1. The molecule has 0 aliphatic heterocycles. The number of ether oxygens (including phenoxy) is 1. The van der Waals surface area contributed by atoms with Gasteiger partial charge in [-0.15, -0.1) is 10.2 Å². The van der Waals surface area contributed by atoms with Crippen LogP contribution in [0.3, 0.4) is 0 Å². The van der Waals surface area contributed by atoms with Gasteiger partial charge in [-0.05, 0) is 35.9 Å². The third-order valence-corrected chi connectivity index (χ3v) is 3.71. The third-order valence-electron chi connectivity index (χ3n) is 3.47. The molecular formula is C18H16ClN3O3. The molecule has 0 radical (unpaired) electrons. The molecule has 1 heterocycles. The van der Waals surface area contributed by atoms with Gasteiger partial charge in [-0.3, -0.25) is 4.79 Å². The van der Waals surface area contributed by atoms with Gasteiger partial charge in [0.25, 0.3) is 0 Å². The lowest BCUT2D eigenvalue weighted by Gasteiger charge is -2.03. The topological polar surface area (TPSA) is 77.3 Å². The van der Waals surface area contributed by atoms with Crippen molar-refractivity contribution in [2.24, 2.45) is 0 Å². The largest absolute Gasteiger partial charge is 0.497 e. The number of carbonyl (C=O) groups is 1. The summed E-state index contributed by atoms with van der Waals surface area (Å²) in [6, 6.07) is 14.5. The Hall–Kier alpha value is -2.86. The van der Waals surface area contributed by atoms with Crippen LogP contribution in [0.4, 0.5) is 0 Å². The molecule has 0 fully saturated rings. The Morgan fingerprint density at radius 3 is 2.84 bits per heavy atom. The zero-order valence-corrected chi connectivity index (χ0v) is 14.3. The minimum atomic E-state index is -0.150. The number of aromatic nitrogens is 2. The highest BCUT2D eigenvalue weighted by molar-refractivity contribution is 6.30. The minimum absolute atomic E-state index is 0.150. The highest BCUT2D eigenvalue weighted by atomic mass is 35.5. The number of nitrogens with one attached hydrogen (secondary N) is 1. The van der Waals surface area contributed by atoms with Gasteiger partial charge in [0, 0.05) is 10.6 Å². The lowest BCUT2D eigenvalue weighted by molar-refractivity contribution is -0.120. The van der Waals surface area contributed by atoms with E-state index in [1.54, 1.807) is 25.3 Å². The molecule has 1 aromatic heterocycles. The van der Waals surface area contributed by atoms with Crippen LogP contribution >= 0.6 is 11.6 Å². The fraction of sp³-hybridized carbons (Fsp3) is 0.167. The number of carbonyl (C=O) groups excluding carboxylic acids is 1. The first-order chi connectivity index (χ1) is 12.1. The molecule has 3 aromatic rings. The lowest BCUT2D eigenvalue weighted by Crippen LogP contribution is -2.24. The van der Waals surface area contributed by atoms with Gasteiger partial charge in [0.05, 0.1) is 20.1 Å². The van der Waals surface area contributed by atoms with E-state index in [4.69, 9.17) is 20.8 Å². The van der Waals surface area contributed by atoms with Crippen LogP contribution in [0.5, 0.6) is 5.75 Å². The van der Waals surface area contributed by atoms with Crippen LogP contribution in [0, 0.1) is 0 Å². The van der Waals surface area contributed by atoms with E-state index in [0.717, 1.165) is 11.1 Å². The van der Waals surface area contributed by atoms with Crippen molar-refractivity contribution in [3.05, 3.63) is 65.0 Å². The molecule has 1 amide bonds. The molecule has 0 bridgehead atoms. The van der Waals surface area contributed by atoms with Crippen molar-refractivity contribution in [3.63, 3.8) is 0 Å². The quantitative estimate of drug-likeness (QED) is 0.732. The second kappa shape index (κ2) is 7.81. The maximum atomic E-state index is 12.0. The van der Waals surface area contributed by atoms with E-state index in [2.05, 4.69) is 15.5 Å². The Morgan fingerprint density at radius 1 is 1.20 bits per heavy atom. The highest BCUT2D eigenvalue weighted by Gasteiger charge is 2.11. The predicted molar refractivity (Wildman–Crippen MR) is 93.3 cm³/mol. The average molecular weight is 358 g/mol. The molecule has 6 nitrogen and oxygen atoms in total. The Labute approximate surface area is 149 Å². The van der Waals surface area contributed by atoms with E-state index >= 15 is 0 Å². The SMILES string of the molecule is COc1cccc(-c2nnc(CNC(=O)Cc3cccc(Cl)c3)o2)c1. The zero-order chi connectivity index (χ0) is 17.6. The number of rotatable bonds is 6. The summed E-state index contributed by atoms with van der Waals surface area (Å²) in [5.41, 5.74) is 1.59. The van der Waals surface area contributed by atoms with E-state index in [1.165, 1.54) is 0 Å². The van der Waals surface area contributed by atoms with Crippen molar-refractivity contribution < 1.29 is 13.9 Å². The van der Waals surface area contributed by atoms with Crippen LogP contribution in [0.25, 0.3) is 11.5 Å². The first-order valence-electron chi connectivity index (χ1n) is 7.62. The molecule has 0 atom stereocenters. The van der Waals surface area contributed by atoms with Gasteiger partial charge in [-0.25, -0.2) is 0 Å². The van der Waals surface area contributed by atoms with Crippen LogP contribution < -0.4 is 10.1 Å². The molecular weight excluding hydrogens is 342 g/mol. The normalized spacial score (nSPS) is 10.5. The number of hydrogen-bond acceptors (Lipinski definition) is 5. The molecule has 1 N–H and O–H groups in total. The molecule has 0 unspecified atom stereocenters. The average Bonchev–Trinajstić information content (AvgIpc) is 3.09. The molecule has 3 rings (SSSR count). The van der Waals surface area contributed by atoms with E-state index in [-0.39, 0.29) is 18.9 Å². The third kappa shape index (κ3) is 4.58. The van der Waals surface area contributed by atoms with Gasteiger partial charge in [0.15, 0.2) is 0 Å². The van der Waals surface area contributed by atoms with Crippen molar-refractivity contribution in [1.29, 1.82) is 0 Å². The van der Waals surface area contributed by atoms with Gasteiger partial charge < -0.3 is 14.5 Å². The number of methoxy groups -OCH3 is 1. The molecule has 128 valence electrons. The molecule has 2 aromatic carbocycles. The fourth-order valence-electron chi connectivity index (χ4n) is 2.27. The van der Waals surface area contributed by atoms with Gasteiger partial charge in [-0.1, -0.05) is 29.8 Å². The summed E-state index contributed by atoms with van der Waals surface area (Å²) < 4.78 is 10.7. The molecule has 0 aliphatic rings. The summed E-state index contributed by atoms with van der Waals surface area (Å²) in [7, 11) is 1.59. The molecule has 7 heteroatoms. The minimum Gasteiger partial charge on any atom is -0.497 e. The van der Waals surface area contributed by atoms with Crippen molar-refractivity contribution in [1.82, 2.24) is 15.5 Å². The van der Waals surface area contributed by atoms with Gasteiger partial charge in [-0.2, -0.15) is 0 Å². The summed E-state index contributed by atoms with van der Waals surface area (Å²) >= 11 is 5.91. The molecule has 0 saturated carbocycles. The van der Waals surface area contributed by atoms with Crippen LogP contribution in [-0.4, -0.2) is 23.2 Å². The molecule has 0 spiro atoms. The van der Waals surface area contributed by atoms with E-state index in [0.29, 0.717) is 22.6 Å². The second-order valence-electron chi connectivity index (χ2n) is 5.32. The standard InChI is InChI=1S/C18H16ClN3O3/c1-24-15-7-3-5-13(10-15)18-22-21-17(25-18)11-20-16(23)9-12-4-2-6-14(19)8-12/h2-8,10H,9,11H2,1H3,(H,20,23). The number of halogens is 1. The summed E-state index contributed by atoms with van der Waals surface area (Å²) in [5.74, 6) is 1.26. The summed E-state index contributed by atoms with van der Waals surface area (Å²) in [6.45, 7) is 0.163. The first kappa shape index (κ1) is 17.0. The van der Waals surface area contributed by atoms with E-state index < -0.39 is 0 Å². The predicted octanol–water partition coefficient (Wildman–Crippen LogP) is 3.26. The molecule has 0 saturated heterocycles. The molecule has 25 heavy (non-hydrogen) atoms. The number of nitrogens with zero attached hydrogens (tertiary/aromatic N) is 2. The van der Waals surface area contributed by atoms with Crippen LogP contribution in [-0.2, 0) is 17.8 Å². The van der Waals surface area contributed by atoms with E-state index in [1.807, 2.05) is 30.3 Å². The monoisotopic (exact) mass is 357 g/mol. The maximum Gasteiger partial charge on any atom is 0.247 e. The number of benzene rings is 2.